The Kier molecular flexibility index (Phi) is 5.04. The SMILES string of the molecule is CC(C)N[C@@H]1CCOC[C@H]1Cc1ccccc1Cl. The molecule has 1 saturated heterocycles. The zero-order valence-corrected chi connectivity index (χ0v) is 11.9. The maximum absolute atomic E-state index is 6.24. The highest BCUT2D eigenvalue weighted by Crippen LogP contribution is 2.24. The molecule has 1 fully saturated rings. The van der Waals surface area contributed by atoms with Gasteiger partial charge in [0.2, 0.25) is 0 Å². The van der Waals surface area contributed by atoms with E-state index in [-0.39, 0.29) is 0 Å². The van der Waals surface area contributed by atoms with Gasteiger partial charge in [0.15, 0.2) is 0 Å². The summed E-state index contributed by atoms with van der Waals surface area (Å²) < 4.78 is 5.62. The number of benzene rings is 1. The molecule has 1 heterocycles. The van der Waals surface area contributed by atoms with Gasteiger partial charge in [-0.25, -0.2) is 0 Å². The summed E-state index contributed by atoms with van der Waals surface area (Å²) >= 11 is 6.24. The van der Waals surface area contributed by atoms with Crippen LogP contribution in [0.5, 0.6) is 0 Å². The lowest BCUT2D eigenvalue weighted by molar-refractivity contribution is 0.0300. The number of halogens is 1. The summed E-state index contributed by atoms with van der Waals surface area (Å²) in [5.74, 6) is 0.515. The fourth-order valence-corrected chi connectivity index (χ4v) is 2.80. The van der Waals surface area contributed by atoms with Crippen LogP contribution in [-0.4, -0.2) is 25.3 Å². The molecule has 0 saturated carbocycles. The Hall–Kier alpha value is -0.570. The van der Waals surface area contributed by atoms with Gasteiger partial charge in [-0.2, -0.15) is 0 Å². The lowest BCUT2D eigenvalue weighted by Gasteiger charge is -2.34. The van der Waals surface area contributed by atoms with Crippen LogP contribution in [0.3, 0.4) is 0 Å². The maximum atomic E-state index is 6.24. The molecule has 2 atom stereocenters. The van der Waals surface area contributed by atoms with Crippen molar-refractivity contribution >= 4 is 11.6 Å². The Morgan fingerprint density at radius 3 is 2.89 bits per heavy atom. The second-order valence-corrected chi connectivity index (χ2v) is 5.75. The average Bonchev–Trinajstić information content (AvgIpc) is 2.34. The topological polar surface area (TPSA) is 21.3 Å². The van der Waals surface area contributed by atoms with Crippen LogP contribution in [0, 0.1) is 5.92 Å². The highest BCUT2D eigenvalue weighted by atomic mass is 35.5. The second kappa shape index (κ2) is 6.55. The van der Waals surface area contributed by atoms with Crippen LogP contribution in [0.2, 0.25) is 5.02 Å². The van der Waals surface area contributed by atoms with Crippen molar-refractivity contribution in [3.63, 3.8) is 0 Å². The summed E-state index contributed by atoms with van der Waals surface area (Å²) in [5.41, 5.74) is 1.23. The fourth-order valence-electron chi connectivity index (χ4n) is 2.59. The van der Waals surface area contributed by atoms with Gasteiger partial charge >= 0.3 is 0 Å². The molecule has 0 bridgehead atoms. The molecule has 0 spiro atoms. The molecule has 1 aliphatic rings. The third-order valence-corrected chi connectivity index (χ3v) is 3.83. The summed E-state index contributed by atoms with van der Waals surface area (Å²) in [6.07, 6.45) is 2.08. The minimum atomic E-state index is 0.515. The smallest absolute Gasteiger partial charge is 0.0512 e. The van der Waals surface area contributed by atoms with Gasteiger partial charge in [0.1, 0.15) is 0 Å². The second-order valence-electron chi connectivity index (χ2n) is 5.35. The summed E-state index contributed by atoms with van der Waals surface area (Å²) in [6, 6.07) is 9.16. The first-order valence-electron chi connectivity index (χ1n) is 6.74. The van der Waals surface area contributed by atoms with Crippen molar-refractivity contribution in [1.29, 1.82) is 0 Å². The first-order chi connectivity index (χ1) is 8.66. The van der Waals surface area contributed by atoms with Crippen LogP contribution < -0.4 is 5.32 Å². The van der Waals surface area contributed by atoms with Crippen molar-refractivity contribution in [3.8, 4) is 0 Å². The van der Waals surface area contributed by atoms with Gasteiger partial charge in [0.25, 0.3) is 0 Å². The maximum Gasteiger partial charge on any atom is 0.0512 e. The minimum absolute atomic E-state index is 0.515. The molecule has 0 aromatic heterocycles. The lowest BCUT2D eigenvalue weighted by atomic mass is 9.89. The van der Waals surface area contributed by atoms with E-state index in [9.17, 15) is 0 Å². The molecule has 2 nitrogen and oxygen atoms in total. The largest absolute Gasteiger partial charge is 0.381 e. The summed E-state index contributed by atoms with van der Waals surface area (Å²) in [7, 11) is 0. The van der Waals surface area contributed by atoms with Gasteiger partial charge in [0.05, 0.1) is 6.61 Å². The molecular weight excluding hydrogens is 246 g/mol. The van der Waals surface area contributed by atoms with Crippen molar-refractivity contribution in [2.75, 3.05) is 13.2 Å². The molecule has 18 heavy (non-hydrogen) atoms. The summed E-state index contributed by atoms with van der Waals surface area (Å²) in [6.45, 7) is 6.09. The first-order valence-corrected chi connectivity index (χ1v) is 7.12. The van der Waals surface area contributed by atoms with E-state index in [0.717, 1.165) is 31.1 Å². The number of ether oxygens (including phenoxy) is 1. The lowest BCUT2D eigenvalue weighted by Crippen LogP contribution is -2.46. The third-order valence-electron chi connectivity index (χ3n) is 3.46. The predicted molar refractivity (Wildman–Crippen MR) is 76.1 cm³/mol. The molecule has 100 valence electrons. The van der Waals surface area contributed by atoms with Gasteiger partial charge in [-0.15, -0.1) is 0 Å². The molecule has 1 aliphatic heterocycles. The Bertz CT molecular complexity index is 381. The fraction of sp³-hybridized carbons (Fsp3) is 0.600. The molecule has 0 unspecified atom stereocenters. The quantitative estimate of drug-likeness (QED) is 0.904. The normalized spacial score (nSPS) is 24.4. The first kappa shape index (κ1) is 13.9. The minimum Gasteiger partial charge on any atom is -0.381 e. The Balaban J connectivity index is 2.03. The molecule has 0 amide bonds. The number of hydrogen-bond acceptors (Lipinski definition) is 2. The van der Waals surface area contributed by atoms with E-state index in [0.29, 0.717) is 18.0 Å². The van der Waals surface area contributed by atoms with Gasteiger partial charge < -0.3 is 10.1 Å². The van der Waals surface area contributed by atoms with Crippen LogP contribution in [0.4, 0.5) is 0 Å². The van der Waals surface area contributed by atoms with E-state index in [1.807, 2.05) is 12.1 Å². The van der Waals surface area contributed by atoms with E-state index in [1.165, 1.54) is 5.56 Å². The average molecular weight is 268 g/mol. The van der Waals surface area contributed by atoms with E-state index < -0.39 is 0 Å². The molecule has 1 aromatic carbocycles. The van der Waals surface area contributed by atoms with Crippen LogP contribution >= 0.6 is 11.6 Å². The van der Waals surface area contributed by atoms with Gasteiger partial charge in [-0.05, 0) is 24.5 Å². The highest BCUT2D eigenvalue weighted by Gasteiger charge is 2.26. The number of nitrogens with one attached hydrogen (secondary N) is 1. The number of hydrogen-bond donors (Lipinski definition) is 1. The van der Waals surface area contributed by atoms with E-state index >= 15 is 0 Å². The van der Waals surface area contributed by atoms with Crippen molar-refractivity contribution in [1.82, 2.24) is 5.32 Å². The zero-order valence-electron chi connectivity index (χ0n) is 11.2. The van der Waals surface area contributed by atoms with Gasteiger partial charge in [-0.3, -0.25) is 0 Å². The van der Waals surface area contributed by atoms with Crippen molar-refractivity contribution < 1.29 is 4.74 Å². The van der Waals surface area contributed by atoms with E-state index in [4.69, 9.17) is 16.3 Å². The van der Waals surface area contributed by atoms with Crippen LogP contribution in [0.25, 0.3) is 0 Å². The molecule has 1 N–H and O–H groups in total. The summed E-state index contributed by atoms with van der Waals surface area (Å²) in [5, 5.41) is 4.52. The number of rotatable bonds is 4. The van der Waals surface area contributed by atoms with Gasteiger partial charge in [-0.1, -0.05) is 43.6 Å². The van der Waals surface area contributed by atoms with Crippen LogP contribution in [0.1, 0.15) is 25.8 Å². The molecule has 0 aliphatic carbocycles. The monoisotopic (exact) mass is 267 g/mol. The Morgan fingerprint density at radius 1 is 1.39 bits per heavy atom. The Morgan fingerprint density at radius 2 is 2.17 bits per heavy atom. The third kappa shape index (κ3) is 3.71. The van der Waals surface area contributed by atoms with E-state index in [2.05, 4.69) is 31.3 Å². The molecule has 0 radical (unpaired) electrons. The Labute approximate surface area is 115 Å². The molecule has 1 aromatic rings. The molecule has 3 heteroatoms. The predicted octanol–water partition coefficient (Wildman–Crippen LogP) is 3.29. The van der Waals surface area contributed by atoms with Gasteiger partial charge in [0, 0.05) is 29.6 Å². The summed E-state index contributed by atoms with van der Waals surface area (Å²) in [4.78, 5) is 0. The molecular formula is C15H22ClNO. The van der Waals surface area contributed by atoms with Crippen molar-refractivity contribution in [2.45, 2.75) is 38.8 Å². The van der Waals surface area contributed by atoms with Crippen molar-refractivity contribution in [2.24, 2.45) is 5.92 Å². The van der Waals surface area contributed by atoms with Crippen LogP contribution in [-0.2, 0) is 11.2 Å². The van der Waals surface area contributed by atoms with Crippen molar-refractivity contribution in [3.05, 3.63) is 34.9 Å². The van der Waals surface area contributed by atoms with E-state index in [1.54, 1.807) is 0 Å². The highest BCUT2D eigenvalue weighted by molar-refractivity contribution is 6.31. The standard InChI is InChI=1S/C15H22ClNO/c1-11(2)17-15-7-8-18-10-13(15)9-12-5-3-4-6-14(12)16/h3-6,11,13,15,17H,7-10H2,1-2H3/t13-,15-/m1/s1. The zero-order chi connectivity index (χ0) is 13.0. The van der Waals surface area contributed by atoms with Crippen LogP contribution in [0.15, 0.2) is 24.3 Å². The molecule has 2 rings (SSSR count).